The quantitative estimate of drug-likeness (QED) is 0.682. The lowest BCUT2D eigenvalue weighted by Gasteiger charge is -2.21. The number of hydrogen-bond donors (Lipinski definition) is 2. The van der Waals surface area contributed by atoms with Gasteiger partial charge in [0.25, 0.3) is 0 Å². The molecule has 1 aromatic carbocycles. The van der Waals surface area contributed by atoms with Crippen molar-refractivity contribution in [2.45, 2.75) is 39.5 Å². The van der Waals surface area contributed by atoms with Crippen molar-refractivity contribution in [2.24, 2.45) is 0 Å². The predicted octanol–water partition coefficient (Wildman–Crippen LogP) is 3.18. The van der Waals surface area contributed by atoms with Gasteiger partial charge in [0.15, 0.2) is 5.78 Å². The highest BCUT2D eigenvalue weighted by Gasteiger charge is 2.15. The van der Waals surface area contributed by atoms with E-state index in [0.717, 1.165) is 38.8 Å². The lowest BCUT2D eigenvalue weighted by atomic mass is 10.1. The fourth-order valence-electron chi connectivity index (χ4n) is 2.08. The molecule has 0 spiro atoms. The van der Waals surface area contributed by atoms with Crippen molar-refractivity contribution < 1.29 is 15.0 Å². The van der Waals surface area contributed by atoms with Gasteiger partial charge in [-0.15, -0.1) is 0 Å². The molecule has 0 saturated carbocycles. The Morgan fingerprint density at radius 1 is 1.10 bits per heavy atom. The fraction of sp³-hybridized carbons (Fsp3) is 0.562. The third kappa shape index (κ3) is 5.21. The van der Waals surface area contributed by atoms with Crippen molar-refractivity contribution in [3.8, 4) is 11.5 Å². The smallest absolute Gasteiger partial charge is 0.180 e. The van der Waals surface area contributed by atoms with E-state index in [1.807, 2.05) is 0 Å². The molecular formula is C16H25NO3. The van der Waals surface area contributed by atoms with E-state index in [2.05, 4.69) is 18.7 Å². The summed E-state index contributed by atoms with van der Waals surface area (Å²) in [6, 6.07) is 4.11. The number of aromatic hydroxyl groups is 2. The lowest BCUT2D eigenvalue weighted by molar-refractivity contribution is 0.0925. The lowest BCUT2D eigenvalue weighted by Crippen LogP contribution is -2.31. The Balaban J connectivity index is 2.68. The molecule has 0 aromatic heterocycles. The average Bonchev–Trinajstić information content (AvgIpc) is 2.41. The number of benzene rings is 1. The van der Waals surface area contributed by atoms with Crippen molar-refractivity contribution >= 4 is 5.78 Å². The van der Waals surface area contributed by atoms with Gasteiger partial charge in [0.1, 0.15) is 11.5 Å². The van der Waals surface area contributed by atoms with Crippen LogP contribution in [0.2, 0.25) is 0 Å². The zero-order chi connectivity index (χ0) is 15.0. The van der Waals surface area contributed by atoms with Crippen molar-refractivity contribution in [1.82, 2.24) is 4.90 Å². The summed E-state index contributed by atoms with van der Waals surface area (Å²) in [4.78, 5) is 14.4. The number of carbonyl (C=O) groups is 1. The van der Waals surface area contributed by atoms with E-state index >= 15 is 0 Å². The van der Waals surface area contributed by atoms with Gasteiger partial charge in [-0.3, -0.25) is 9.69 Å². The van der Waals surface area contributed by atoms with Crippen LogP contribution in [0.3, 0.4) is 0 Å². The molecule has 0 unspecified atom stereocenters. The number of rotatable bonds is 9. The van der Waals surface area contributed by atoms with Crippen LogP contribution >= 0.6 is 0 Å². The number of Topliss-reactive ketones (excluding diaryl/α,β-unsaturated/α-hetero) is 1. The van der Waals surface area contributed by atoms with Crippen molar-refractivity contribution in [2.75, 3.05) is 19.6 Å². The highest BCUT2D eigenvalue weighted by molar-refractivity contribution is 6.00. The minimum absolute atomic E-state index is 0.0344. The second kappa shape index (κ2) is 8.59. The van der Waals surface area contributed by atoms with Crippen molar-refractivity contribution in [3.05, 3.63) is 23.8 Å². The van der Waals surface area contributed by atoms with E-state index in [9.17, 15) is 15.0 Å². The topological polar surface area (TPSA) is 60.8 Å². The predicted molar refractivity (Wildman–Crippen MR) is 80.4 cm³/mol. The first-order chi connectivity index (χ1) is 9.58. The van der Waals surface area contributed by atoms with Crippen LogP contribution < -0.4 is 0 Å². The molecule has 0 bridgehead atoms. The van der Waals surface area contributed by atoms with Gasteiger partial charge < -0.3 is 10.2 Å². The third-order valence-corrected chi connectivity index (χ3v) is 3.30. The van der Waals surface area contributed by atoms with Crippen LogP contribution in [0.5, 0.6) is 11.5 Å². The molecule has 0 radical (unpaired) electrons. The van der Waals surface area contributed by atoms with Crippen LogP contribution in [0, 0.1) is 0 Å². The second-order valence-corrected chi connectivity index (χ2v) is 5.11. The molecule has 0 amide bonds. The maximum Gasteiger partial charge on any atom is 0.180 e. The zero-order valence-corrected chi connectivity index (χ0v) is 12.4. The average molecular weight is 279 g/mol. The molecule has 0 saturated heterocycles. The summed E-state index contributed by atoms with van der Waals surface area (Å²) in [5.41, 5.74) is 0.279. The Hall–Kier alpha value is -1.55. The van der Waals surface area contributed by atoms with Crippen LogP contribution in [0.15, 0.2) is 18.2 Å². The number of hydrogen-bond acceptors (Lipinski definition) is 4. The third-order valence-electron chi connectivity index (χ3n) is 3.30. The summed E-state index contributed by atoms with van der Waals surface area (Å²) in [7, 11) is 0. The first-order valence-electron chi connectivity index (χ1n) is 7.36. The highest BCUT2D eigenvalue weighted by atomic mass is 16.3. The largest absolute Gasteiger partial charge is 0.508 e. The molecule has 0 aliphatic rings. The Labute approximate surface area is 121 Å². The first-order valence-corrected chi connectivity index (χ1v) is 7.36. The Morgan fingerprint density at radius 3 is 2.20 bits per heavy atom. The van der Waals surface area contributed by atoms with E-state index in [4.69, 9.17) is 0 Å². The minimum atomic E-state index is -0.152. The van der Waals surface area contributed by atoms with E-state index < -0.39 is 0 Å². The standard InChI is InChI=1S/C16H25NO3/c1-3-5-9-17(10-6-4-2)12-16(20)14-8-7-13(18)11-15(14)19/h7-8,11,18-19H,3-6,9-10,12H2,1-2H3. The molecular weight excluding hydrogens is 254 g/mol. The van der Waals surface area contributed by atoms with Gasteiger partial charge >= 0.3 is 0 Å². The van der Waals surface area contributed by atoms with Crippen LogP contribution in [0.4, 0.5) is 0 Å². The fourth-order valence-corrected chi connectivity index (χ4v) is 2.08. The number of phenols is 2. The maximum absolute atomic E-state index is 12.2. The normalized spacial score (nSPS) is 10.9. The van der Waals surface area contributed by atoms with E-state index in [0.29, 0.717) is 6.54 Å². The van der Waals surface area contributed by atoms with Gasteiger partial charge in [0, 0.05) is 6.07 Å². The summed E-state index contributed by atoms with van der Waals surface area (Å²) in [5, 5.41) is 19.0. The molecule has 0 aliphatic heterocycles. The molecule has 112 valence electrons. The summed E-state index contributed by atoms with van der Waals surface area (Å²) in [5.74, 6) is -0.288. The van der Waals surface area contributed by atoms with E-state index in [-0.39, 0.29) is 22.8 Å². The van der Waals surface area contributed by atoms with Crippen molar-refractivity contribution in [1.29, 1.82) is 0 Å². The van der Waals surface area contributed by atoms with Gasteiger partial charge in [-0.05, 0) is 38.1 Å². The van der Waals surface area contributed by atoms with E-state index in [1.54, 1.807) is 0 Å². The maximum atomic E-state index is 12.2. The van der Waals surface area contributed by atoms with Gasteiger partial charge in [-0.2, -0.15) is 0 Å². The second-order valence-electron chi connectivity index (χ2n) is 5.11. The van der Waals surface area contributed by atoms with Gasteiger partial charge in [0.2, 0.25) is 0 Å². The molecule has 4 nitrogen and oxygen atoms in total. The van der Waals surface area contributed by atoms with Crippen LogP contribution in [-0.4, -0.2) is 40.5 Å². The summed E-state index contributed by atoms with van der Waals surface area (Å²) in [6.07, 6.45) is 4.33. The molecule has 0 aliphatic carbocycles. The molecule has 4 heteroatoms. The number of phenolic OH excluding ortho intramolecular Hbond substituents is 2. The molecule has 0 fully saturated rings. The van der Waals surface area contributed by atoms with Crippen LogP contribution in [-0.2, 0) is 0 Å². The number of nitrogens with zero attached hydrogens (tertiary/aromatic N) is 1. The SMILES string of the molecule is CCCCN(CCCC)CC(=O)c1ccc(O)cc1O. The van der Waals surface area contributed by atoms with Gasteiger partial charge in [-0.1, -0.05) is 26.7 Å². The van der Waals surface area contributed by atoms with Gasteiger partial charge in [-0.25, -0.2) is 0 Å². The van der Waals surface area contributed by atoms with Crippen LogP contribution in [0.25, 0.3) is 0 Å². The highest BCUT2D eigenvalue weighted by Crippen LogP contribution is 2.23. The van der Waals surface area contributed by atoms with Crippen molar-refractivity contribution in [3.63, 3.8) is 0 Å². The molecule has 1 rings (SSSR count). The number of unbranched alkanes of at least 4 members (excludes halogenated alkanes) is 2. The molecule has 0 heterocycles. The molecule has 20 heavy (non-hydrogen) atoms. The molecule has 2 N–H and O–H groups in total. The van der Waals surface area contributed by atoms with E-state index in [1.165, 1.54) is 18.2 Å². The minimum Gasteiger partial charge on any atom is -0.508 e. The zero-order valence-electron chi connectivity index (χ0n) is 12.4. The summed E-state index contributed by atoms with van der Waals surface area (Å²) < 4.78 is 0. The molecule has 0 atom stereocenters. The molecule has 1 aromatic rings. The Morgan fingerprint density at radius 2 is 1.70 bits per heavy atom. The first kappa shape index (κ1) is 16.5. The monoisotopic (exact) mass is 279 g/mol. The number of carbonyl (C=O) groups excluding carboxylic acids is 1. The Bertz CT molecular complexity index is 424. The number of ketones is 1. The van der Waals surface area contributed by atoms with Gasteiger partial charge in [0.05, 0.1) is 12.1 Å². The summed E-state index contributed by atoms with van der Waals surface area (Å²) in [6.45, 7) is 6.39. The Kier molecular flexibility index (Phi) is 7.09. The van der Waals surface area contributed by atoms with Crippen LogP contribution in [0.1, 0.15) is 49.9 Å². The summed E-state index contributed by atoms with van der Waals surface area (Å²) >= 11 is 0.